The Bertz CT molecular complexity index is 936. The van der Waals surface area contributed by atoms with E-state index in [1.165, 1.54) is 26.4 Å². The van der Waals surface area contributed by atoms with Crippen molar-refractivity contribution in [3.63, 3.8) is 0 Å². The fourth-order valence-corrected chi connectivity index (χ4v) is 3.78. The standard InChI is InChI=1S/C18H15Cl2NO5S/c1-9-14(17(23)25-2)16(27-15(9)18(24)26-3)21-13(22)7-5-10-4-6-11(19)8-12(10)20/h4-8H,1-3H3,(H,21,22)/b7-5+. The van der Waals surface area contributed by atoms with Crippen LogP contribution >= 0.6 is 34.5 Å². The summed E-state index contributed by atoms with van der Waals surface area (Å²) in [5, 5.41) is 3.64. The molecule has 142 valence electrons. The third kappa shape index (κ3) is 4.88. The maximum Gasteiger partial charge on any atom is 0.348 e. The molecule has 0 fully saturated rings. The zero-order valence-corrected chi connectivity index (χ0v) is 16.9. The molecular formula is C18H15Cl2NO5S. The van der Waals surface area contributed by atoms with E-state index < -0.39 is 17.8 Å². The van der Waals surface area contributed by atoms with Crippen LogP contribution in [-0.2, 0) is 14.3 Å². The first-order chi connectivity index (χ1) is 12.8. The van der Waals surface area contributed by atoms with Crippen molar-refractivity contribution in [1.82, 2.24) is 0 Å². The van der Waals surface area contributed by atoms with Gasteiger partial charge in [0.2, 0.25) is 5.91 Å². The number of nitrogens with one attached hydrogen (secondary N) is 1. The topological polar surface area (TPSA) is 81.7 Å². The van der Waals surface area contributed by atoms with Crippen molar-refractivity contribution < 1.29 is 23.9 Å². The summed E-state index contributed by atoms with van der Waals surface area (Å²) in [7, 11) is 2.45. The number of amides is 1. The van der Waals surface area contributed by atoms with E-state index in [0.717, 1.165) is 11.3 Å². The first kappa shape index (κ1) is 21.0. The van der Waals surface area contributed by atoms with E-state index in [4.69, 9.17) is 32.7 Å². The number of carbonyl (C=O) groups excluding carboxylic acids is 3. The van der Waals surface area contributed by atoms with Crippen molar-refractivity contribution >= 4 is 63.5 Å². The number of hydrogen-bond acceptors (Lipinski definition) is 6. The van der Waals surface area contributed by atoms with Gasteiger partial charge in [-0.3, -0.25) is 4.79 Å². The van der Waals surface area contributed by atoms with E-state index in [9.17, 15) is 14.4 Å². The summed E-state index contributed by atoms with van der Waals surface area (Å²) in [5.41, 5.74) is 1.08. The molecule has 1 aromatic carbocycles. The molecule has 0 unspecified atom stereocenters. The Morgan fingerprint density at radius 1 is 1.11 bits per heavy atom. The number of anilines is 1. The fourth-order valence-electron chi connectivity index (χ4n) is 2.19. The minimum Gasteiger partial charge on any atom is -0.465 e. The summed E-state index contributed by atoms with van der Waals surface area (Å²) in [6, 6.07) is 4.87. The Balaban J connectivity index is 2.29. The van der Waals surface area contributed by atoms with E-state index in [1.807, 2.05) is 0 Å². The number of carbonyl (C=O) groups is 3. The molecule has 0 aliphatic heterocycles. The largest absolute Gasteiger partial charge is 0.465 e. The van der Waals surface area contributed by atoms with Gasteiger partial charge in [0.05, 0.1) is 19.8 Å². The van der Waals surface area contributed by atoms with E-state index in [-0.39, 0.29) is 15.4 Å². The van der Waals surface area contributed by atoms with Crippen LogP contribution in [0.25, 0.3) is 6.08 Å². The summed E-state index contributed by atoms with van der Waals surface area (Å²) in [6.07, 6.45) is 2.76. The van der Waals surface area contributed by atoms with Crippen molar-refractivity contribution in [3.05, 3.63) is 55.9 Å². The van der Waals surface area contributed by atoms with Crippen LogP contribution in [0, 0.1) is 6.92 Å². The molecule has 1 aromatic heterocycles. The monoisotopic (exact) mass is 427 g/mol. The van der Waals surface area contributed by atoms with Gasteiger partial charge in [0.15, 0.2) is 0 Å². The molecular weight excluding hydrogens is 413 g/mol. The number of hydrogen-bond donors (Lipinski definition) is 1. The number of ether oxygens (including phenoxy) is 2. The highest BCUT2D eigenvalue weighted by Gasteiger charge is 2.26. The van der Waals surface area contributed by atoms with Gasteiger partial charge in [-0.15, -0.1) is 11.3 Å². The average molecular weight is 428 g/mol. The number of rotatable bonds is 5. The highest BCUT2D eigenvalue weighted by atomic mass is 35.5. The fraction of sp³-hybridized carbons (Fsp3) is 0.167. The highest BCUT2D eigenvalue weighted by molar-refractivity contribution is 7.18. The van der Waals surface area contributed by atoms with Gasteiger partial charge in [-0.25, -0.2) is 9.59 Å². The lowest BCUT2D eigenvalue weighted by atomic mass is 10.1. The van der Waals surface area contributed by atoms with E-state index in [1.54, 1.807) is 25.1 Å². The van der Waals surface area contributed by atoms with Crippen LogP contribution in [0.3, 0.4) is 0 Å². The first-order valence-corrected chi connectivity index (χ1v) is 9.09. The highest BCUT2D eigenvalue weighted by Crippen LogP contribution is 2.34. The quantitative estimate of drug-likeness (QED) is 0.557. The second-order valence-corrected chi connectivity index (χ2v) is 7.10. The molecule has 0 saturated carbocycles. The van der Waals surface area contributed by atoms with E-state index >= 15 is 0 Å². The lowest BCUT2D eigenvalue weighted by Gasteiger charge is -2.04. The van der Waals surface area contributed by atoms with Crippen molar-refractivity contribution in [2.45, 2.75) is 6.92 Å². The lowest BCUT2D eigenvalue weighted by molar-refractivity contribution is -0.111. The predicted molar refractivity (Wildman–Crippen MR) is 106 cm³/mol. The van der Waals surface area contributed by atoms with Crippen LogP contribution in [0.4, 0.5) is 5.00 Å². The zero-order chi connectivity index (χ0) is 20.1. The minimum absolute atomic E-state index is 0.106. The van der Waals surface area contributed by atoms with E-state index in [2.05, 4.69) is 5.32 Å². The molecule has 0 bridgehead atoms. The molecule has 0 aliphatic rings. The van der Waals surface area contributed by atoms with Crippen molar-refractivity contribution in [1.29, 1.82) is 0 Å². The van der Waals surface area contributed by atoms with Crippen molar-refractivity contribution in [3.8, 4) is 0 Å². The van der Waals surface area contributed by atoms with Gasteiger partial charge in [-0.2, -0.15) is 0 Å². The third-order valence-corrected chi connectivity index (χ3v) is 5.27. The molecule has 6 nitrogen and oxygen atoms in total. The summed E-state index contributed by atoms with van der Waals surface area (Å²) in [5.74, 6) is -1.78. The smallest absolute Gasteiger partial charge is 0.348 e. The molecule has 1 N–H and O–H groups in total. The van der Waals surface area contributed by atoms with Crippen LogP contribution in [0.1, 0.15) is 31.2 Å². The van der Waals surface area contributed by atoms with Crippen molar-refractivity contribution in [2.24, 2.45) is 0 Å². The molecule has 9 heteroatoms. The Morgan fingerprint density at radius 3 is 2.37 bits per heavy atom. The van der Waals surface area contributed by atoms with Crippen LogP contribution in [0.15, 0.2) is 24.3 Å². The molecule has 2 aromatic rings. The van der Waals surface area contributed by atoms with Gasteiger partial charge < -0.3 is 14.8 Å². The van der Waals surface area contributed by atoms with Crippen molar-refractivity contribution in [2.75, 3.05) is 19.5 Å². The maximum absolute atomic E-state index is 12.3. The third-order valence-electron chi connectivity index (χ3n) is 3.52. The molecule has 0 radical (unpaired) electrons. The molecule has 1 heterocycles. The minimum atomic E-state index is -0.668. The van der Waals surface area contributed by atoms with Crippen LogP contribution < -0.4 is 5.32 Å². The van der Waals surface area contributed by atoms with Gasteiger partial charge in [-0.1, -0.05) is 29.3 Å². The van der Waals surface area contributed by atoms with Gasteiger partial charge in [-0.05, 0) is 36.3 Å². The second kappa shape index (κ2) is 9.03. The Morgan fingerprint density at radius 2 is 1.78 bits per heavy atom. The normalized spacial score (nSPS) is 10.7. The summed E-state index contributed by atoms with van der Waals surface area (Å²) >= 11 is 12.8. The number of benzene rings is 1. The van der Waals surface area contributed by atoms with Gasteiger partial charge in [0, 0.05) is 16.1 Å². The average Bonchev–Trinajstić information content (AvgIpc) is 2.95. The van der Waals surface area contributed by atoms with Crippen LogP contribution in [0.5, 0.6) is 0 Å². The molecule has 0 saturated heterocycles. The molecule has 0 atom stereocenters. The van der Waals surface area contributed by atoms with Crippen LogP contribution in [-0.4, -0.2) is 32.1 Å². The molecule has 2 rings (SSSR count). The molecule has 27 heavy (non-hydrogen) atoms. The van der Waals surface area contributed by atoms with Gasteiger partial charge in [0.1, 0.15) is 9.88 Å². The maximum atomic E-state index is 12.3. The Hall–Kier alpha value is -2.35. The number of halogens is 2. The lowest BCUT2D eigenvalue weighted by Crippen LogP contribution is -2.11. The first-order valence-electron chi connectivity index (χ1n) is 7.52. The summed E-state index contributed by atoms with van der Waals surface area (Å²) < 4.78 is 9.44. The number of thiophene rings is 1. The zero-order valence-electron chi connectivity index (χ0n) is 14.6. The SMILES string of the molecule is COC(=O)c1sc(NC(=O)/C=C/c2ccc(Cl)cc2Cl)c(C(=O)OC)c1C. The Kier molecular flexibility index (Phi) is 7.01. The predicted octanol–water partition coefficient (Wildman–Crippen LogP) is 4.59. The van der Waals surface area contributed by atoms with Gasteiger partial charge >= 0.3 is 11.9 Å². The number of methoxy groups -OCH3 is 2. The summed E-state index contributed by atoms with van der Waals surface area (Å²) in [6.45, 7) is 1.58. The van der Waals surface area contributed by atoms with E-state index in [0.29, 0.717) is 21.2 Å². The molecule has 0 aliphatic carbocycles. The molecule has 1 amide bonds. The second-order valence-electron chi connectivity index (χ2n) is 5.23. The Labute approximate surface area is 169 Å². The summed E-state index contributed by atoms with van der Waals surface area (Å²) in [4.78, 5) is 36.4. The number of esters is 2. The van der Waals surface area contributed by atoms with Gasteiger partial charge in [0.25, 0.3) is 0 Å². The van der Waals surface area contributed by atoms with Crippen LogP contribution in [0.2, 0.25) is 10.0 Å². The molecule has 0 spiro atoms.